The topological polar surface area (TPSA) is 57.0 Å². The van der Waals surface area contributed by atoms with Gasteiger partial charge in [0.1, 0.15) is 17.0 Å². The Morgan fingerprint density at radius 3 is 2.40 bits per heavy atom. The van der Waals surface area contributed by atoms with Crippen LogP contribution in [0.25, 0.3) is 33.1 Å². The summed E-state index contributed by atoms with van der Waals surface area (Å²) in [5, 5.41) is 0.947. The van der Waals surface area contributed by atoms with Crippen LogP contribution in [-0.4, -0.2) is 27.4 Å². The minimum Gasteiger partial charge on any atom is -0.497 e. The van der Waals surface area contributed by atoms with Crippen molar-refractivity contribution in [2.45, 2.75) is 27.3 Å². The Morgan fingerprint density at radius 2 is 1.76 bits per heavy atom. The van der Waals surface area contributed by atoms with Crippen LogP contribution in [-0.2, 0) is 11.3 Å². The maximum absolute atomic E-state index is 11.8. The van der Waals surface area contributed by atoms with Gasteiger partial charge >= 0.3 is 0 Å². The molecule has 0 saturated heterocycles. The van der Waals surface area contributed by atoms with Crippen LogP contribution in [0.15, 0.2) is 30.3 Å². The first kappa shape index (κ1) is 15.6. The molecule has 4 rings (SSSR count). The van der Waals surface area contributed by atoms with Gasteiger partial charge < -0.3 is 9.30 Å². The molecule has 5 nitrogen and oxygen atoms in total. The van der Waals surface area contributed by atoms with Crippen molar-refractivity contribution in [1.29, 1.82) is 0 Å². The summed E-state index contributed by atoms with van der Waals surface area (Å²) < 4.78 is 7.30. The van der Waals surface area contributed by atoms with Gasteiger partial charge in [0.2, 0.25) is 0 Å². The summed E-state index contributed by atoms with van der Waals surface area (Å²) in [7, 11) is 1.64. The Balaban J connectivity index is 2.16. The van der Waals surface area contributed by atoms with E-state index in [4.69, 9.17) is 14.7 Å². The fourth-order valence-electron chi connectivity index (χ4n) is 3.24. The number of hydrogen-bond donors (Lipinski definition) is 0. The first-order valence-electron chi connectivity index (χ1n) is 8.22. The minimum atomic E-state index is 0.0802. The lowest BCUT2D eigenvalue weighted by Gasteiger charge is -2.06. The monoisotopic (exact) mass is 333 g/mol. The van der Waals surface area contributed by atoms with E-state index in [-0.39, 0.29) is 12.3 Å². The minimum absolute atomic E-state index is 0.0802. The first-order valence-corrected chi connectivity index (χ1v) is 8.22. The maximum atomic E-state index is 11.8. The molecule has 0 saturated carbocycles. The number of hydrogen-bond acceptors (Lipinski definition) is 4. The Labute approximate surface area is 145 Å². The molecule has 0 N–H and O–H groups in total. The van der Waals surface area contributed by atoms with Gasteiger partial charge in [-0.25, -0.2) is 9.97 Å². The zero-order chi connectivity index (χ0) is 17.7. The van der Waals surface area contributed by atoms with Crippen LogP contribution in [0.1, 0.15) is 18.1 Å². The van der Waals surface area contributed by atoms with E-state index in [2.05, 4.69) is 19.9 Å². The summed E-state index contributed by atoms with van der Waals surface area (Å²) >= 11 is 0. The van der Waals surface area contributed by atoms with E-state index < -0.39 is 0 Å². The first-order chi connectivity index (χ1) is 12.0. The number of aromatic nitrogens is 3. The number of ether oxygens (including phenoxy) is 1. The second-order valence-corrected chi connectivity index (χ2v) is 6.49. The van der Waals surface area contributed by atoms with Crippen molar-refractivity contribution in [1.82, 2.24) is 14.5 Å². The molecule has 0 spiro atoms. The van der Waals surface area contributed by atoms with Crippen LogP contribution in [0.4, 0.5) is 0 Å². The predicted octanol–water partition coefficient (Wildman–Crippen LogP) is 3.95. The molecule has 0 radical (unpaired) electrons. The van der Waals surface area contributed by atoms with Crippen molar-refractivity contribution in [3.8, 4) is 5.75 Å². The van der Waals surface area contributed by atoms with E-state index in [1.807, 2.05) is 28.8 Å². The second-order valence-electron chi connectivity index (χ2n) is 6.49. The molecule has 126 valence electrons. The van der Waals surface area contributed by atoms with E-state index in [9.17, 15) is 4.79 Å². The summed E-state index contributed by atoms with van der Waals surface area (Å²) in [5.74, 6) is 0.841. The van der Waals surface area contributed by atoms with E-state index in [1.54, 1.807) is 14.0 Å². The molecule has 25 heavy (non-hydrogen) atoms. The third-order valence-electron chi connectivity index (χ3n) is 4.65. The van der Waals surface area contributed by atoms with Crippen molar-refractivity contribution in [2.24, 2.45) is 0 Å². The van der Waals surface area contributed by atoms with Gasteiger partial charge in [-0.1, -0.05) is 0 Å². The number of methoxy groups -OCH3 is 1. The summed E-state index contributed by atoms with van der Waals surface area (Å²) in [5.41, 5.74) is 6.54. The fourth-order valence-corrected chi connectivity index (χ4v) is 3.24. The van der Waals surface area contributed by atoms with Crippen LogP contribution in [0, 0.1) is 13.8 Å². The molecule has 0 aliphatic carbocycles. The van der Waals surface area contributed by atoms with Crippen molar-refractivity contribution < 1.29 is 9.53 Å². The lowest BCUT2D eigenvalue weighted by Crippen LogP contribution is -2.06. The van der Waals surface area contributed by atoms with Crippen LogP contribution in [0.2, 0.25) is 0 Å². The number of aryl methyl sites for hydroxylation is 2. The molecule has 0 unspecified atom stereocenters. The smallest absolute Gasteiger partial charge is 0.160 e. The second kappa shape index (κ2) is 5.55. The van der Waals surface area contributed by atoms with Gasteiger partial charge in [-0.05, 0) is 62.2 Å². The van der Waals surface area contributed by atoms with Crippen LogP contribution in [0.5, 0.6) is 5.75 Å². The van der Waals surface area contributed by atoms with Gasteiger partial charge in [-0.15, -0.1) is 0 Å². The van der Waals surface area contributed by atoms with Gasteiger partial charge in [-0.2, -0.15) is 0 Å². The van der Waals surface area contributed by atoms with E-state index in [0.717, 1.165) is 38.8 Å². The molecule has 0 amide bonds. The Bertz CT molecular complexity index is 1160. The lowest BCUT2D eigenvalue weighted by molar-refractivity contribution is -0.117. The highest BCUT2D eigenvalue weighted by Gasteiger charge is 2.16. The van der Waals surface area contributed by atoms with Crippen LogP contribution < -0.4 is 4.74 Å². The molecule has 0 aliphatic heterocycles. The zero-order valence-electron chi connectivity index (χ0n) is 14.8. The normalized spacial score (nSPS) is 11.5. The number of ketones is 1. The van der Waals surface area contributed by atoms with Crippen molar-refractivity contribution in [2.75, 3.05) is 7.11 Å². The highest BCUT2D eigenvalue weighted by molar-refractivity contribution is 6.07. The number of carbonyl (C=O) groups is 1. The standard InChI is InChI=1S/C20H19N3O2/c1-11-7-16-17(8-12(11)2)22-20-19(21-16)15-9-14(25-4)5-6-18(15)23(20)10-13(3)24/h5-9H,10H2,1-4H3. The summed E-state index contributed by atoms with van der Waals surface area (Å²) in [6, 6.07) is 9.92. The molecule has 2 aromatic carbocycles. The molecule has 2 aromatic heterocycles. The third-order valence-corrected chi connectivity index (χ3v) is 4.65. The highest BCUT2D eigenvalue weighted by atomic mass is 16.5. The average molecular weight is 333 g/mol. The number of Topliss-reactive ketones (excluding diaryl/α,β-unsaturated/α-hetero) is 1. The van der Waals surface area contributed by atoms with Crippen molar-refractivity contribution in [3.63, 3.8) is 0 Å². The largest absolute Gasteiger partial charge is 0.497 e. The highest BCUT2D eigenvalue weighted by Crippen LogP contribution is 2.31. The number of fused-ring (bicyclic) bond motifs is 4. The van der Waals surface area contributed by atoms with E-state index in [1.165, 1.54) is 11.1 Å². The SMILES string of the molecule is COc1ccc2c(c1)c1nc3cc(C)c(C)cc3nc1n2CC(C)=O. The van der Waals surface area contributed by atoms with Gasteiger partial charge in [-0.3, -0.25) is 4.79 Å². The zero-order valence-corrected chi connectivity index (χ0v) is 14.8. The Kier molecular flexibility index (Phi) is 3.46. The van der Waals surface area contributed by atoms with Crippen LogP contribution in [0.3, 0.4) is 0 Å². The van der Waals surface area contributed by atoms with Crippen molar-refractivity contribution >= 4 is 38.9 Å². The van der Waals surface area contributed by atoms with Gasteiger partial charge in [0.15, 0.2) is 5.65 Å². The predicted molar refractivity (Wildman–Crippen MR) is 99.2 cm³/mol. The molecular weight excluding hydrogens is 314 g/mol. The maximum Gasteiger partial charge on any atom is 0.160 e. The number of carbonyl (C=O) groups excluding carboxylic acids is 1. The third kappa shape index (κ3) is 2.43. The quantitative estimate of drug-likeness (QED) is 0.569. The molecule has 4 aromatic rings. The van der Waals surface area contributed by atoms with E-state index in [0.29, 0.717) is 0 Å². The number of nitrogens with zero attached hydrogens (tertiary/aromatic N) is 3. The molecular formula is C20H19N3O2. The Morgan fingerprint density at radius 1 is 1.08 bits per heavy atom. The molecule has 0 bridgehead atoms. The summed E-state index contributed by atoms with van der Waals surface area (Å²) in [6.45, 7) is 6.00. The molecule has 2 heterocycles. The van der Waals surface area contributed by atoms with E-state index >= 15 is 0 Å². The average Bonchev–Trinajstić information content (AvgIpc) is 2.86. The molecule has 0 fully saturated rings. The van der Waals surface area contributed by atoms with Crippen LogP contribution >= 0.6 is 0 Å². The van der Waals surface area contributed by atoms with Crippen molar-refractivity contribution in [3.05, 3.63) is 41.5 Å². The van der Waals surface area contributed by atoms with Gasteiger partial charge in [0.25, 0.3) is 0 Å². The summed E-state index contributed by atoms with van der Waals surface area (Å²) in [6.07, 6.45) is 0. The lowest BCUT2D eigenvalue weighted by atomic mass is 10.1. The van der Waals surface area contributed by atoms with Gasteiger partial charge in [0.05, 0.1) is 30.2 Å². The molecule has 0 atom stereocenters. The fraction of sp³-hybridized carbons (Fsp3) is 0.250. The molecule has 5 heteroatoms. The summed E-state index contributed by atoms with van der Waals surface area (Å²) in [4.78, 5) is 21.5. The number of benzene rings is 2. The number of rotatable bonds is 3. The molecule has 0 aliphatic rings. The Hall–Kier alpha value is -2.95. The van der Waals surface area contributed by atoms with Gasteiger partial charge in [0, 0.05) is 5.39 Å².